The van der Waals surface area contributed by atoms with Gasteiger partial charge in [0.1, 0.15) is 12.6 Å². The Hall–Kier alpha value is -2.93. The van der Waals surface area contributed by atoms with Gasteiger partial charge in [-0.1, -0.05) is 48.0 Å². The van der Waals surface area contributed by atoms with E-state index in [2.05, 4.69) is 15.4 Å². The Labute approximate surface area is 155 Å². The summed E-state index contributed by atoms with van der Waals surface area (Å²) in [4.78, 5) is 16.0. The average Bonchev–Trinajstić information content (AvgIpc) is 3.18. The molecule has 7 nitrogen and oxygen atoms in total. The molecule has 4 rings (SSSR count). The lowest BCUT2D eigenvalue weighted by Gasteiger charge is -2.31. The molecule has 1 aromatic heterocycles. The van der Waals surface area contributed by atoms with Gasteiger partial charge in [-0.3, -0.25) is 4.79 Å². The molecule has 0 aliphatic carbocycles. The number of anilines is 1. The van der Waals surface area contributed by atoms with Gasteiger partial charge >= 0.3 is 0 Å². The molecule has 2 aromatic carbocycles. The van der Waals surface area contributed by atoms with Crippen LogP contribution in [-0.2, 0) is 4.79 Å². The fraction of sp³-hybridized carbons (Fsp3) is 0.222. The summed E-state index contributed by atoms with van der Waals surface area (Å²) in [6.07, 6.45) is 0. The third-order valence-electron chi connectivity index (χ3n) is 4.23. The molecule has 8 heteroatoms. The maximum Gasteiger partial charge on any atom is 0.253 e. The fourth-order valence-corrected chi connectivity index (χ4v) is 3.08. The van der Waals surface area contributed by atoms with Crippen LogP contribution in [0, 0.1) is 0 Å². The third kappa shape index (κ3) is 2.90. The first kappa shape index (κ1) is 16.5. The van der Waals surface area contributed by atoms with E-state index in [1.807, 2.05) is 36.4 Å². The minimum absolute atomic E-state index is 0.145. The van der Waals surface area contributed by atoms with Crippen LogP contribution in [0.15, 0.2) is 48.5 Å². The van der Waals surface area contributed by atoms with Crippen molar-refractivity contribution < 1.29 is 9.53 Å². The zero-order chi connectivity index (χ0) is 18.1. The number of halogens is 1. The molecule has 3 aromatic rings. The smallest absolute Gasteiger partial charge is 0.253 e. The summed E-state index contributed by atoms with van der Waals surface area (Å²) in [7, 11) is 0. The number of carbonyl (C=O) groups is 1. The summed E-state index contributed by atoms with van der Waals surface area (Å²) in [6, 6.07) is 14.3. The van der Waals surface area contributed by atoms with Crippen molar-refractivity contribution >= 4 is 23.2 Å². The molecule has 0 saturated carbocycles. The van der Waals surface area contributed by atoms with Crippen molar-refractivity contribution in [3.63, 3.8) is 0 Å². The van der Waals surface area contributed by atoms with Gasteiger partial charge < -0.3 is 9.64 Å². The Morgan fingerprint density at radius 1 is 1.19 bits per heavy atom. The maximum absolute atomic E-state index is 13.0. The van der Waals surface area contributed by atoms with Gasteiger partial charge in [-0.25, -0.2) is 0 Å². The lowest BCUT2D eigenvalue weighted by molar-refractivity contribution is -0.122. The lowest BCUT2D eigenvalue weighted by Crippen LogP contribution is -2.42. The highest BCUT2D eigenvalue weighted by Gasteiger charge is 2.30. The Balaban J connectivity index is 1.60. The first-order valence-corrected chi connectivity index (χ1v) is 8.60. The number of para-hydroxylation sites is 1. The number of aromatic nitrogens is 4. The van der Waals surface area contributed by atoms with E-state index < -0.39 is 6.04 Å². The van der Waals surface area contributed by atoms with Crippen LogP contribution in [-0.4, -0.2) is 39.3 Å². The highest BCUT2D eigenvalue weighted by Crippen LogP contribution is 2.38. The Morgan fingerprint density at radius 3 is 2.81 bits per heavy atom. The molecule has 0 fully saturated rings. The molecule has 1 aliphatic heterocycles. The van der Waals surface area contributed by atoms with Gasteiger partial charge in [0, 0.05) is 5.56 Å². The van der Waals surface area contributed by atoms with E-state index in [4.69, 9.17) is 16.3 Å². The normalized spacial score (nSPS) is 14.5. The SMILES string of the molecule is CC(C(=O)N1CCOc2c(Cl)cccc21)n1nnc(-c2ccccc2)n1. The molecule has 2 heterocycles. The van der Waals surface area contributed by atoms with Crippen LogP contribution in [0.2, 0.25) is 5.02 Å². The summed E-state index contributed by atoms with van der Waals surface area (Å²) < 4.78 is 5.61. The monoisotopic (exact) mass is 369 g/mol. The Morgan fingerprint density at radius 2 is 2.00 bits per heavy atom. The van der Waals surface area contributed by atoms with E-state index in [0.717, 1.165) is 5.56 Å². The maximum atomic E-state index is 13.0. The quantitative estimate of drug-likeness (QED) is 0.709. The number of nitrogens with zero attached hydrogens (tertiary/aromatic N) is 5. The summed E-state index contributed by atoms with van der Waals surface area (Å²) in [5.74, 6) is 0.863. The number of rotatable bonds is 3. The van der Waals surface area contributed by atoms with Crippen molar-refractivity contribution in [3.05, 3.63) is 53.6 Å². The number of hydrogen-bond donors (Lipinski definition) is 0. The van der Waals surface area contributed by atoms with E-state index >= 15 is 0 Å². The molecular weight excluding hydrogens is 354 g/mol. The fourth-order valence-electron chi connectivity index (χ4n) is 2.86. The van der Waals surface area contributed by atoms with Gasteiger partial charge in [-0.05, 0) is 24.3 Å². The van der Waals surface area contributed by atoms with Crippen LogP contribution in [0.1, 0.15) is 13.0 Å². The van der Waals surface area contributed by atoms with Crippen LogP contribution in [0.4, 0.5) is 5.69 Å². The summed E-state index contributed by atoms with van der Waals surface area (Å²) in [5, 5.41) is 13.0. The number of amides is 1. The van der Waals surface area contributed by atoms with Crippen LogP contribution in [0.3, 0.4) is 0 Å². The first-order valence-electron chi connectivity index (χ1n) is 8.23. The van der Waals surface area contributed by atoms with Crippen molar-refractivity contribution in [1.82, 2.24) is 20.2 Å². The van der Waals surface area contributed by atoms with Gasteiger partial charge in [0.05, 0.1) is 17.3 Å². The van der Waals surface area contributed by atoms with E-state index in [9.17, 15) is 4.79 Å². The Bertz CT molecular complexity index is 944. The molecule has 1 unspecified atom stereocenters. The summed E-state index contributed by atoms with van der Waals surface area (Å²) in [5.41, 5.74) is 1.51. The molecule has 0 radical (unpaired) electrons. The second kappa shape index (κ2) is 6.76. The van der Waals surface area contributed by atoms with E-state index in [1.54, 1.807) is 24.0 Å². The molecular formula is C18H16ClN5O2. The minimum atomic E-state index is -0.607. The van der Waals surface area contributed by atoms with Crippen molar-refractivity contribution in [2.75, 3.05) is 18.1 Å². The van der Waals surface area contributed by atoms with Crippen LogP contribution < -0.4 is 9.64 Å². The third-order valence-corrected chi connectivity index (χ3v) is 4.53. The minimum Gasteiger partial charge on any atom is -0.488 e. The van der Waals surface area contributed by atoms with E-state index in [-0.39, 0.29) is 5.91 Å². The molecule has 1 atom stereocenters. The second-order valence-corrected chi connectivity index (χ2v) is 6.31. The molecule has 0 bridgehead atoms. The van der Waals surface area contributed by atoms with Crippen LogP contribution >= 0.6 is 11.6 Å². The van der Waals surface area contributed by atoms with Crippen molar-refractivity contribution in [1.29, 1.82) is 0 Å². The van der Waals surface area contributed by atoms with Gasteiger partial charge in [0.2, 0.25) is 5.82 Å². The zero-order valence-electron chi connectivity index (χ0n) is 14.0. The molecule has 0 spiro atoms. The van der Waals surface area contributed by atoms with Gasteiger partial charge in [-0.2, -0.15) is 4.80 Å². The highest BCUT2D eigenvalue weighted by molar-refractivity contribution is 6.32. The number of fused-ring (bicyclic) bond motifs is 1. The van der Waals surface area contributed by atoms with Crippen LogP contribution in [0.25, 0.3) is 11.4 Å². The number of hydrogen-bond acceptors (Lipinski definition) is 5. The molecule has 26 heavy (non-hydrogen) atoms. The number of carbonyl (C=O) groups excluding carboxylic acids is 1. The lowest BCUT2D eigenvalue weighted by atomic mass is 10.2. The van der Waals surface area contributed by atoms with E-state index in [0.29, 0.717) is 35.4 Å². The van der Waals surface area contributed by atoms with Crippen molar-refractivity contribution in [2.24, 2.45) is 0 Å². The van der Waals surface area contributed by atoms with E-state index in [1.165, 1.54) is 4.80 Å². The predicted octanol–water partition coefficient (Wildman–Crippen LogP) is 2.98. The average molecular weight is 370 g/mol. The van der Waals surface area contributed by atoms with Gasteiger partial charge in [0.15, 0.2) is 5.75 Å². The topological polar surface area (TPSA) is 73.1 Å². The Kier molecular flexibility index (Phi) is 4.30. The molecule has 132 valence electrons. The number of tetrazole rings is 1. The molecule has 0 saturated heterocycles. The largest absolute Gasteiger partial charge is 0.488 e. The first-order chi connectivity index (χ1) is 12.6. The van der Waals surface area contributed by atoms with Gasteiger partial charge in [-0.15, -0.1) is 10.2 Å². The molecule has 1 aliphatic rings. The second-order valence-electron chi connectivity index (χ2n) is 5.90. The van der Waals surface area contributed by atoms with Gasteiger partial charge in [0.25, 0.3) is 5.91 Å². The van der Waals surface area contributed by atoms with Crippen LogP contribution in [0.5, 0.6) is 5.75 Å². The highest BCUT2D eigenvalue weighted by atomic mass is 35.5. The van der Waals surface area contributed by atoms with Crippen molar-refractivity contribution in [2.45, 2.75) is 13.0 Å². The number of ether oxygens (including phenoxy) is 1. The number of benzene rings is 2. The summed E-state index contributed by atoms with van der Waals surface area (Å²) in [6.45, 7) is 2.57. The predicted molar refractivity (Wildman–Crippen MR) is 97.3 cm³/mol. The standard InChI is InChI=1S/C18H16ClN5O2/c1-12(24-21-17(20-22-24)13-6-3-2-4-7-13)18(25)23-10-11-26-16-14(19)8-5-9-15(16)23/h2-9,12H,10-11H2,1H3. The van der Waals surface area contributed by atoms with Crippen molar-refractivity contribution in [3.8, 4) is 17.1 Å². The molecule has 1 amide bonds. The molecule has 0 N–H and O–H groups in total. The summed E-state index contributed by atoms with van der Waals surface area (Å²) >= 11 is 6.18. The zero-order valence-corrected chi connectivity index (χ0v) is 14.8.